The van der Waals surface area contributed by atoms with Gasteiger partial charge in [-0.15, -0.1) is 0 Å². The molecule has 0 heterocycles. The molecule has 0 aliphatic carbocycles. The lowest BCUT2D eigenvalue weighted by Crippen LogP contribution is -2.03. The number of benzene rings is 1. The van der Waals surface area contributed by atoms with Crippen molar-refractivity contribution in [3.8, 4) is 0 Å². The van der Waals surface area contributed by atoms with E-state index in [0.717, 1.165) is 18.2 Å². The maximum absolute atomic E-state index is 12.6. The second kappa shape index (κ2) is 5.17. The van der Waals surface area contributed by atoms with E-state index in [1.54, 1.807) is 0 Å². The molecule has 6 heteroatoms. The summed E-state index contributed by atoms with van der Waals surface area (Å²) in [5.74, 6) is -0.758. The largest absolute Gasteiger partial charge is 0.344 e. The fourth-order valence-corrected chi connectivity index (χ4v) is 1.02. The molecule has 1 unspecified atom stereocenters. The van der Waals surface area contributed by atoms with Gasteiger partial charge in [-0.1, -0.05) is 17.7 Å². The first-order valence-corrected chi connectivity index (χ1v) is 3.77. The van der Waals surface area contributed by atoms with Crippen LogP contribution in [-0.4, -0.2) is 6.43 Å². The molecule has 0 spiro atoms. The summed E-state index contributed by atoms with van der Waals surface area (Å²) >= 11 is 5.28. The SMILES string of the molecule is Fc1ccc(C(F)C(F)F)cc1Cl.N. The van der Waals surface area contributed by atoms with Gasteiger partial charge in [-0.25, -0.2) is 17.6 Å². The van der Waals surface area contributed by atoms with Gasteiger partial charge in [0, 0.05) is 0 Å². The molecule has 1 nitrogen and oxygen atoms in total. The molecular weight excluding hydrogens is 222 g/mol. The lowest BCUT2D eigenvalue weighted by Gasteiger charge is -2.07. The normalized spacial score (nSPS) is 12.4. The Morgan fingerprint density at radius 2 is 1.71 bits per heavy atom. The molecule has 1 aromatic carbocycles. The molecule has 0 aliphatic heterocycles. The topological polar surface area (TPSA) is 35.0 Å². The Kier molecular flexibility index (Phi) is 4.87. The van der Waals surface area contributed by atoms with Crippen LogP contribution in [0.3, 0.4) is 0 Å². The minimum atomic E-state index is -3.12. The number of halogens is 5. The minimum absolute atomic E-state index is 0. The molecule has 14 heavy (non-hydrogen) atoms. The Labute approximate surface area is 83.3 Å². The van der Waals surface area contributed by atoms with Crippen LogP contribution in [0.4, 0.5) is 17.6 Å². The van der Waals surface area contributed by atoms with Crippen molar-refractivity contribution in [2.24, 2.45) is 0 Å². The number of hydrogen-bond donors (Lipinski definition) is 1. The maximum atomic E-state index is 12.6. The molecule has 1 rings (SSSR count). The van der Waals surface area contributed by atoms with E-state index in [4.69, 9.17) is 11.6 Å². The minimum Gasteiger partial charge on any atom is -0.344 e. The van der Waals surface area contributed by atoms with Crippen molar-refractivity contribution >= 4 is 11.6 Å². The predicted molar refractivity (Wildman–Crippen MR) is 46.3 cm³/mol. The van der Waals surface area contributed by atoms with Gasteiger partial charge in [0.2, 0.25) is 0 Å². The van der Waals surface area contributed by atoms with Crippen LogP contribution in [0.25, 0.3) is 0 Å². The van der Waals surface area contributed by atoms with E-state index in [1.165, 1.54) is 0 Å². The highest BCUT2D eigenvalue weighted by atomic mass is 35.5. The summed E-state index contributed by atoms with van der Waals surface area (Å²) < 4.78 is 48.8. The summed E-state index contributed by atoms with van der Waals surface area (Å²) in [6.07, 6.45) is -5.54. The molecule has 80 valence electrons. The summed E-state index contributed by atoms with van der Waals surface area (Å²) in [5.41, 5.74) is -0.318. The van der Waals surface area contributed by atoms with Crippen LogP contribution in [0, 0.1) is 5.82 Å². The van der Waals surface area contributed by atoms with Crippen LogP contribution in [0.2, 0.25) is 5.02 Å². The van der Waals surface area contributed by atoms with Crippen molar-refractivity contribution < 1.29 is 17.6 Å². The number of rotatable bonds is 2. The van der Waals surface area contributed by atoms with Crippen molar-refractivity contribution in [3.63, 3.8) is 0 Å². The molecule has 0 bridgehead atoms. The lowest BCUT2D eigenvalue weighted by atomic mass is 10.1. The lowest BCUT2D eigenvalue weighted by molar-refractivity contribution is 0.0495. The van der Waals surface area contributed by atoms with Gasteiger partial charge in [0.15, 0.2) is 6.17 Å². The Bertz CT molecular complexity index is 305. The molecule has 0 saturated carbocycles. The Morgan fingerprint density at radius 1 is 1.14 bits per heavy atom. The summed E-state index contributed by atoms with van der Waals surface area (Å²) in [5, 5.41) is -0.360. The van der Waals surface area contributed by atoms with Crippen LogP contribution in [-0.2, 0) is 0 Å². The van der Waals surface area contributed by atoms with Gasteiger partial charge in [0.05, 0.1) is 5.02 Å². The quantitative estimate of drug-likeness (QED) is 0.767. The molecule has 0 aliphatic rings. The standard InChI is InChI=1S/C8H5ClF4.H3N/c9-5-3-4(1-2-6(5)10)7(11)8(12)13;/h1-3,7-8H;1H3. The molecule has 0 aromatic heterocycles. The van der Waals surface area contributed by atoms with E-state index in [1.807, 2.05) is 0 Å². The fourth-order valence-electron chi connectivity index (χ4n) is 0.829. The van der Waals surface area contributed by atoms with Crippen LogP contribution in [0.5, 0.6) is 0 Å². The Balaban J connectivity index is 0.00000169. The molecule has 0 fully saturated rings. The third kappa shape index (κ3) is 2.85. The molecule has 1 atom stereocenters. The van der Waals surface area contributed by atoms with E-state index in [0.29, 0.717) is 0 Å². The molecule has 0 amide bonds. The van der Waals surface area contributed by atoms with Crippen molar-refractivity contribution in [2.45, 2.75) is 12.6 Å². The van der Waals surface area contributed by atoms with Crippen LogP contribution >= 0.6 is 11.6 Å². The fraction of sp³-hybridized carbons (Fsp3) is 0.250. The van der Waals surface area contributed by atoms with Crippen LogP contribution in [0.1, 0.15) is 11.7 Å². The van der Waals surface area contributed by atoms with Gasteiger partial charge >= 0.3 is 0 Å². The second-order valence-corrected chi connectivity index (χ2v) is 2.82. The summed E-state index contributed by atoms with van der Waals surface area (Å²) in [6.45, 7) is 0. The average Bonchev–Trinajstić information content (AvgIpc) is 2.08. The van der Waals surface area contributed by atoms with E-state index in [-0.39, 0.29) is 16.7 Å². The third-order valence-electron chi connectivity index (χ3n) is 1.48. The van der Waals surface area contributed by atoms with Gasteiger partial charge in [-0.05, 0) is 17.7 Å². The first-order chi connectivity index (χ1) is 6.02. The predicted octanol–water partition coefficient (Wildman–Crippen LogP) is 3.92. The third-order valence-corrected chi connectivity index (χ3v) is 1.77. The maximum Gasteiger partial charge on any atom is 0.273 e. The van der Waals surface area contributed by atoms with Crippen molar-refractivity contribution in [1.29, 1.82) is 0 Å². The van der Waals surface area contributed by atoms with Gasteiger partial charge in [-0.3, -0.25) is 0 Å². The van der Waals surface area contributed by atoms with Gasteiger partial charge in [0.25, 0.3) is 6.43 Å². The first kappa shape index (κ1) is 13.2. The van der Waals surface area contributed by atoms with Gasteiger partial charge in [-0.2, -0.15) is 0 Å². The first-order valence-electron chi connectivity index (χ1n) is 3.39. The van der Waals surface area contributed by atoms with Crippen molar-refractivity contribution in [3.05, 3.63) is 34.6 Å². The van der Waals surface area contributed by atoms with E-state index in [2.05, 4.69) is 0 Å². The van der Waals surface area contributed by atoms with Gasteiger partial charge in [0.1, 0.15) is 5.82 Å². The summed E-state index contributed by atoms with van der Waals surface area (Å²) in [7, 11) is 0. The average molecular weight is 230 g/mol. The summed E-state index contributed by atoms with van der Waals surface area (Å²) in [6, 6.07) is 2.65. The highest BCUT2D eigenvalue weighted by molar-refractivity contribution is 6.30. The van der Waals surface area contributed by atoms with Crippen molar-refractivity contribution in [2.75, 3.05) is 0 Å². The number of alkyl halides is 3. The highest BCUT2D eigenvalue weighted by Gasteiger charge is 2.21. The molecule has 0 saturated heterocycles. The molecular formula is C8H8ClF4N. The van der Waals surface area contributed by atoms with Crippen molar-refractivity contribution in [1.82, 2.24) is 6.15 Å². The zero-order chi connectivity index (χ0) is 10.0. The zero-order valence-electron chi connectivity index (χ0n) is 6.98. The number of hydrogen-bond acceptors (Lipinski definition) is 1. The van der Waals surface area contributed by atoms with Crippen LogP contribution < -0.4 is 6.15 Å². The zero-order valence-corrected chi connectivity index (χ0v) is 7.74. The summed E-state index contributed by atoms with van der Waals surface area (Å²) in [4.78, 5) is 0. The smallest absolute Gasteiger partial charge is 0.273 e. The van der Waals surface area contributed by atoms with E-state index < -0.39 is 18.4 Å². The van der Waals surface area contributed by atoms with E-state index in [9.17, 15) is 17.6 Å². The Morgan fingerprint density at radius 3 is 2.14 bits per heavy atom. The highest BCUT2D eigenvalue weighted by Crippen LogP contribution is 2.27. The molecule has 3 N–H and O–H groups in total. The van der Waals surface area contributed by atoms with Gasteiger partial charge < -0.3 is 6.15 Å². The monoisotopic (exact) mass is 229 g/mol. The molecule has 1 aromatic rings. The molecule has 0 radical (unpaired) electrons. The van der Waals surface area contributed by atoms with Crippen LogP contribution in [0.15, 0.2) is 18.2 Å². The van der Waals surface area contributed by atoms with E-state index >= 15 is 0 Å². The second-order valence-electron chi connectivity index (χ2n) is 2.41. The Hall–Kier alpha value is -0.810.